The molecule has 2 rings (SSSR count). The average molecular weight is 284 g/mol. The standard InChI is InChI=1S/C15H22ClNO2/c1-10(18)12-8-7-11(9-13(12)16)17(2)14-5-3-4-6-15(14)19/h7-10,14-15,18-19H,3-6H2,1-2H3. The molecule has 19 heavy (non-hydrogen) atoms. The molecular formula is C15H22ClNO2. The van der Waals surface area contributed by atoms with Crippen molar-refractivity contribution in [2.24, 2.45) is 0 Å². The molecule has 0 radical (unpaired) electrons. The predicted octanol–water partition coefficient (Wildman–Crippen LogP) is 3.13. The molecule has 1 aromatic carbocycles. The van der Waals surface area contributed by atoms with Crippen LogP contribution in [-0.4, -0.2) is 29.4 Å². The molecule has 0 saturated heterocycles. The van der Waals surface area contributed by atoms with Crippen LogP contribution < -0.4 is 4.90 Å². The van der Waals surface area contributed by atoms with E-state index in [1.807, 2.05) is 25.2 Å². The van der Waals surface area contributed by atoms with Crippen LogP contribution in [0.25, 0.3) is 0 Å². The first-order chi connectivity index (χ1) is 9.00. The molecule has 2 N–H and O–H groups in total. The molecule has 0 aliphatic heterocycles. The van der Waals surface area contributed by atoms with Crippen LogP contribution in [0.5, 0.6) is 0 Å². The lowest BCUT2D eigenvalue weighted by atomic mass is 9.91. The average Bonchev–Trinajstić information content (AvgIpc) is 2.38. The van der Waals surface area contributed by atoms with Crippen LogP contribution in [0.2, 0.25) is 5.02 Å². The van der Waals surface area contributed by atoms with E-state index < -0.39 is 6.10 Å². The van der Waals surface area contributed by atoms with Gasteiger partial charge in [-0.15, -0.1) is 0 Å². The Bertz CT molecular complexity index is 436. The number of halogens is 1. The topological polar surface area (TPSA) is 43.7 Å². The Balaban J connectivity index is 2.19. The van der Waals surface area contributed by atoms with Crippen LogP contribution in [0.1, 0.15) is 44.3 Å². The molecule has 106 valence electrons. The Morgan fingerprint density at radius 1 is 1.32 bits per heavy atom. The van der Waals surface area contributed by atoms with Gasteiger partial charge in [0.25, 0.3) is 0 Å². The minimum atomic E-state index is -0.563. The van der Waals surface area contributed by atoms with Gasteiger partial charge in [-0.2, -0.15) is 0 Å². The number of aliphatic hydroxyl groups is 2. The highest BCUT2D eigenvalue weighted by atomic mass is 35.5. The molecule has 1 fully saturated rings. The molecule has 1 aromatic rings. The predicted molar refractivity (Wildman–Crippen MR) is 78.8 cm³/mol. The quantitative estimate of drug-likeness (QED) is 0.896. The van der Waals surface area contributed by atoms with Crippen molar-refractivity contribution in [1.29, 1.82) is 0 Å². The summed E-state index contributed by atoms with van der Waals surface area (Å²) in [5.74, 6) is 0. The monoisotopic (exact) mass is 283 g/mol. The number of hydrogen-bond acceptors (Lipinski definition) is 3. The lowest BCUT2D eigenvalue weighted by Crippen LogP contribution is -2.43. The van der Waals surface area contributed by atoms with Crippen molar-refractivity contribution < 1.29 is 10.2 Å². The van der Waals surface area contributed by atoms with Gasteiger partial charge in [0.15, 0.2) is 0 Å². The molecule has 0 aromatic heterocycles. The van der Waals surface area contributed by atoms with Gasteiger partial charge >= 0.3 is 0 Å². The summed E-state index contributed by atoms with van der Waals surface area (Å²) in [6, 6.07) is 5.83. The van der Waals surface area contributed by atoms with Gasteiger partial charge in [-0.1, -0.05) is 30.5 Å². The lowest BCUT2D eigenvalue weighted by Gasteiger charge is -2.36. The van der Waals surface area contributed by atoms with Crippen molar-refractivity contribution in [2.45, 2.75) is 50.9 Å². The zero-order valence-corrected chi connectivity index (χ0v) is 12.3. The molecule has 0 amide bonds. The number of benzene rings is 1. The molecule has 1 aliphatic rings. The molecule has 3 nitrogen and oxygen atoms in total. The van der Waals surface area contributed by atoms with Crippen molar-refractivity contribution in [3.8, 4) is 0 Å². The van der Waals surface area contributed by atoms with Gasteiger partial charge in [0.2, 0.25) is 0 Å². The number of hydrogen-bond donors (Lipinski definition) is 2. The summed E-state index contributed by atoms with van der Waals surface area (Å²) in [5, 5.41) is 20.3. The van der Waals surface area contributed by atoms with Crippen LogP contribution in [0, 0.1) is 0 Å². The SMILES string of the molecule is CC(O)c1ccc(N(C)C2CCCCC2O)cc1Cl. The fourth-order valence-corrected chi connectivity index (χ4v) is 3.14. The van der Waals surface area contributed by atoms with E-state index in [0.717, 1.165) is 36.9 Å². The van der Waals surface area contributed by atoms with Gasteiger partial charge in [-0.05, 0) is 37.5 Å². The third-order valence-electron chi connectivity index (χ3n) is 4.03. The highest BCUT2D eigenvalue weighted by Gasteiger charge is 2.27. The Hall–Kier alpha value is -0.770. The van der Waals surface area contributed by atoms with Crippen molar-refractivity contribution in [2.75, 3.05) is 11.9 Å². The molecule has 0 bridgehead atoms. The van der Waals surface area contributed by atoms with Gasteiger partial charge in [0, 0.05) is 17.8 Å². The first-order valence-electron chi connectivity index (χ1n) is 6.89. The highest BCUT2D eigenvalue weighted by molar-refractivity contribution is 6.31. The Morgan fingerprint density at radius 3 is 2.58 bits per heavy atom. The summed E-state index contributed by atoms with van der Waals surface area (Å²) in [6.45, 7) is 1.70. The fourth-order valence-electron chi connectivity index (χ4n) is 2.81. The second-order valence-corrected chi connectivity index (χ2v) is 5.82. The van der Waals surface area contributed by atoms with E-state index in [-0.39, 0.29) is 12.1 Å². The summed E-state index contributed by atoms with van der Waals surface area (Å²) in [5.41, 5.74) is 1.73. The number of likely N-dealkylation sites (N-methyl/N-ethyl adjacent to an activating group) is 1. The molecule has 4 heteroatoms. The van der Waals surface area contributed by atoms with Crippen LogP contribution in [-0.2, 0) is 0 Å². The van der Waals surface area contributed by atoms with E-state index in [0.29, 0.717) is 5.02 Å². The molecular weight excluding hydrogens is 262 g/mol. The molecule has 0 heterocycles. The Kier molecular flexibility index (Phi) is 4.71. The van der Waals surface area contributed by atoms with Crippen molar-refractivity contribution in [3.05, 3.63) is 28.8 Å². The van der Waals surface area contributed by atoms with Gasteiger partial charge in [-0.25, -0.2) is 0 Å². The van der Waals surface area contributed by atoms with E-state index >= 15 is 0 Å². The van der Waals surface area contributed by atoms with Crippen molar-refractivity contribution in [1.82, 2.24) is 0 Å². The van der Waals surface area contributed by atoms with E-state index in [2.05, 4.69) is 4.90 Å². The minimum absolute atomic E-state index is 0.155. The van der Waals surface area contributed by atoms with E-state index in [9.17, 15) is 10.2 Å². The minimum Gasteiger partial charge on any atom is -0.391 e. The summed E-state index contributed by atoms with van der Waals surface area (Å²) in [6.07, 6.45) is 3.31. The van der Waals surface area contributed by atoms with Crippen LogP contribution in [0.4, 0.5) is 5.69 Å². The highest BCUT2D eigenvalue weighted by Crippen LogP contribution is 2.31. The van der Waals surface area contributed by atoms with Gasteiger partial charge in [0.1, 0.15) is 0 Å². The van der Waals surface area contributed by atoms with Crippen molar-refractivity contribution in [3.63, 3.8) is 0 Å². The zero-order chi connectivity index (χ0) is 14.0. The molecule has 1 saturated carbocycles. The Labute approximate surface area is 119 Å². The summed E-state index contributed by atoms with van der Waals surface area (Å²) in [4.78, 5) is 2.10. The summed E-state index contributed by atoms with van der Waals surface area (Å²) in [7, 11) is 1.99. The molecule has 0 spiro atoms. The first kappa shape index (κ1) is 14.6. The van der Waals surface area contributed by atoms with Crippen LogP contribution >= 0.6 is 11.6 Å². The normalized spacial score (nSPS) is 25.1. The van der Waals surface area contributed by atoms with Crippen LogP contribution in [0.3, 0.4) is 0 Å². The zero-order valence-electron chi connectivity index (χ0n) is 11.5. The maximum absolute atomic E-state index is 10.1. The number of nitrogens with zero attached hydrogens (tertiary/aromatic N) is 1. The van der Waals surface area contributed by atoms with Gasteiger partial charge in [0.05, 0.1) is 18.2 Å². The Morgan fingerprint density at radius 2 is 2.00 bits per heavy atom. The number of aliphatic hydroxyl groups excluding tert-OH is 2. The molecule has 3 atom stereocenters. The lowest BCUT2D eigenvalue weighted by molar-refractivity contribution is 0.106. The largest absolute Gasteiger partial charge is 0.391 e. The van der Waals surface area contributed by atoms with E-state index in [1.54, 1.807) is 6.92 Å². The summed E-state index contributed by atoms with van der Waals surface area (Å²) < 4.78 is 0. The maximum Gasteiger partial charge on any atom is 0.0776 e. The maximum atomic E-state index is 10.1. The first-order valence-corrected chi connectivity index (χ1v) is 7.27. The third-order valence-corrected chi connectivity index (χ3v) is 4.36. The van der Waals surface area contributed by atoms with Crippen LogP contribution in [0.15, 0.2) is 18.2 Å². The number of rotatable bonds is 3. The van der Waals surface area contributed by atoms with Gasteiger partial charge in [-0.3, -0.25) is 0 Å². The third kappa shape index (κ3) is 3.22. The van der Waals surface area contributed by atoms with Crippen molar-refractivity contribution >= 4 is 17.3 Å². The van der Waals surface area contributed by atoms with Gasteiger partial charge < -0.3 is 15.1 Å². The number of anilines is 1. The molecule has 1 aliphatic carbocycles. The fraction of sp³-hybridized carbons (Fsp3) is 0.600. The molecule has 3 unspecified atom stereocenters. The second kappa shape index (κ2) is 6.12. The van der Waals surface area contributed by atoms with E-state index in [4.69, 9.17) is 11.6 Å². The summed E-state index contributed by atoms with van der Waals surface area (Å²) >= 11 is 6.19. The van der Waals surface area contributed by atoms with E-state index in [1.165, 1.54) is 0 Å². The smallest absolute Gasteiger partial charge is 0.0776 e. The second-order valence-electron chi connectivity index (χ2n) is 5.41.